The summed E-state index contributed by atoms with van der Waals surface area (Å²) in [5, 5.41) is 7.59. The highest BCUT2D eigenvalue weighted by atomic mass is 16.5. The molecule has 3 heterocycles. The summed E-state index contributed by atoms with van der Waals surface area (Å²) in [6, 6.07) is 8.00. The zero-order valence-corrected chi connectivity index (χ0v) is 16.0. The Hall–Kier alpha value is -2.96. The molecule has 7 nitrogen and oxygen atoms in total. The third kappa shape index (κ3) is 3.98. The van der Waals surface area contributed by atoms with Crippen molar-refractivity contribution in [3.8, 4) is 5.88 Å². The van der Waals surface area contributed by atoms with Gasteiger partial charge >= 0.3 is 0 Å². The summed E-state index contributed by atoms with van der Waals surface area (Å²) in [7, 11) is 1.92. The molecule has 28 heavy (non-hydrogen) atoms. The van der Waals surface area contributed by atoms with Crippen LogP contribution in [0.25, 0.3) is 0 Å². The number of pyridine rings is 1. The summed E-state index contributed by atoms with van der Waals surface area (Å²) >= 11 is 0. The Morgan fingerprint density at radius 1 is 1.25 bits per heavy atom. The quantitative estimate of drug-likeness (QED) is 0.650. The molecule has 0 spiro atoms. The molecule has 3 aromatic rings. The normalized spacial score (nSPS) is 20.8. The highest BCUT2D eigenvalue weighted by molar-refractivity contribution is 5.40. The Bertz CT molecular complexity index is 953. The van der Waals surface area contributed by atoms with Gasteiger partial charge in [-0.1, -0.05) is 6.07 Å². The van der Waals surface area contributed by atoms with Crippen LogP contribution in [0.2, 0.25) is 0 Å². The minimum atomic E-state index is 0.477. The predicted molar refractivity (Wildman–Crippen MR) is 105 cm³/mol. The van der Waals surface area contributed by atoms with Crippen molar-refractivity contribution in [1.82, 2.24) is 24.7 Å². The average molecular weight is 376 g/mol. The molecule has 2 aliphatic rings. The van der Waals surface area contributed by atoms with Gasteiger partial charge in [0, 0.05) is 61.1 Å². The van der Waals surface area contributed by atoms with Gasteiger partial charge in [0.2, 0.25) is 5.88 Å². The minimum absolute atomic E-state index is 0.477. The van der Waals surface area contributed by atoms with Crippen LogP contribution in [0.1, 0.15) is 48.2 Å². The SMILES string of the molecule is Cn1cc(CNc2cc(OCC3CC3c3ccccn3)nc(C3CC3)n2)cn1. The lowest BCUT2D eigenvalue weighted by atomic mass is 10.2. The molecule has 0 aliphatic heterocycles. The van der Waals surface area contributed by atoms with Crippen LogP contribution in [-0.2, 0) is 13.6 Å². The van der Waals surface area contributed by atoms with Crippen LogP contribution in [0, 0.1) is 5.92 Å². The summed E-state index contributed by atoms with van der Waals surface area (Å²) < 4.78 is 7.86. The van der Waals surface area contributed by atoms with E-state index in [0.29, 0.717) is 36.8 Å². The summed E-state index contributed by atoms with van der Waals surface area (Å²) in [5.74, 6) is 3.87. The van der Waals surface area contributed by atoms with E-state index in [0.717, 1.165) is 42.2 Å². The second-order valence-electron chi connectivity index (χ2n) is 7.77. The first-order chi connectivity index (χ1) is 13.7. The molecule has 5 rings (SSSR count). The minimum Gasteiger partial charge on any atom is -0.477 e. The van der Waals surface area contributed by atoms with Gasteiger partial charge < -0.3 is 10.1 Å². The zero-order valence-electron chi connectivity index (χ0n) is 16.0. The fraction of sp³-hybridized carbons (Fsp3) is 0.429. The zero-order chi connectivity index (χ0) is 18.9. The van der Waals surface area contributed by atoms with E-state index in [2.05, 4.69) is 31.4 Å². The third-order valence-corrected chi connectivity index (χ3v) is 5.33. The van der Waals surface area contributed by atoms with E-state index in [1.54, 1.807) is 4.68 Å². The number of aromatic nitrogens is 5. The molecule has 3 aromatic heterocycles. The molecular formula is C21H24N6O. The summed E-state index contributed by atoms with van der Waals surface area (Å²) in [5.41, 5.74) is 2.28. The van der Waals surface area contributed by atoms with Crippen LogP contribution in [0.4, 0.5) is 5.82 Å². The van der Waals surface area contributed by atoms with Gasteiger partial charge in [-0.05, 0) is 31.4 Å². The largest absolute Gasteiger partial charge is 0.477 e. The Morgan fingerprint density at radius 3 is 2.93 bits per heavy atom. The molecule has 2 aliphatic carbocycles. The third-order valence-electron chi connectivity index (χ3n) is 5.33. The molecule has 0 amide bonds. The van der Waals surface area contributed by atoms with Gasteiger partial charge in [0.15, 0.2) is 0 Å². The van der Waals surface area contributed by atoms with Crippen LogP contribution in [0.15, 0.2) is 42.9 Å². The number of nitrogens with one attached hydrogen (secondary N) is 1. The molecule has 2 saturated carbocycles. The second-order valence-corrected chi connectivity index (χ2v) is 7.77. The maximum absolute atomic E-state index is 6.06. The molecule has 2 atom stereocenters. The monoisotopic (exact) mass is 376 g/mol. The fourth-order valence-electron chi connectivity index (χ4n) is 3.47. The number of anilines is 1. The molecule has 2 fully saturated rings. The first-order valence-electron chi connectivity index (χ1n) is 9.89. The first-order valence-corrected chi connectivity index (χ1v) is 9.89. The molecule has 2 unspecified atom stereocenters. The molecular weight excluding hydrogens is 352 g/mol. The van der Waals surface area contributed by atoms with Gasteiger partial charge in [-0.15, -0.1) is 0 Å². The van der Waals surface area contributed by atoms with Crippen LogP contribution >= 0.6 is 0 Å². The maximum atomic E-state index is 6.06. The summed E-state index contributed by atoms with van der Waals surface area (Å²) in [6.07, 6.45) is 9.17. The van der Waals surface area contributed by atoms with E-state index in [-0.39, 0.29) is 0 Å². The van der Waals surface area contributed by atoms with Crippen molar-refractivity contribution in [1.29, 1.82) is 0 Å². The molecule has 0 saturated heterocycles. The van der Waals surface area contributed by atoms with E-state index >= 15 is 0 Å². The van der Waals surface area contributed by atoms with Crippen molar-refractivity contribution < 1.29 is 4.74 Å². The van der Waals surface area contributed by atoms with Crippen LogP contribution in [0.3, 0.4) is 0 Å². The number of nitrogens with zero attached hydrogens (tertiary/aromatic N) is 5. The number of hydrogen-bond acceptors (Lipinski definition) is 6. The van der Waals surface area contributed by atoms with Crippen molar-refractivity contribution in [2.75, 3.05) is 11.9 Å². The van der Waals surface area contributed by atoms with Crippen molar-refractivity contribution in [2.45, 2.75) is 37.6 Å². The number of ether oxygens (including phenoxy) is 1. The standard InChI is InChI=1S/C21H24N6O/c1-27-12-14(11-24-27)10-23-19-9-20(26-21(25-19)15-5-6-15)28-13-16-8-17(16)18-4-2-3-7-22-18/h2-4,7,9,11-12,15-17H,5-6,8,10,13H2,1H3,(H,23,25,26). The van der Waals surface area contributed by atoms with Gasteiger partial charge in [0.1, 0.15) is 11.6 Å². The predicted octanol–water partition coefficient (Wildman–Crippen LogP) is 3.28. The number of aryl methyl sites for hydroxylation is 1. The average Bonchev–Trinajstić information content (AvgIpc) is 3.64. The Morgan fingerprint density at radius 2 is 2.18 bits per heavy atom. The van der Waals surface area contributed by atoms with E-state index in [1.807, 2.05) is 43.8 Å². The van der Waals surface area contributed by atoms with Crippen LogP contribution in [-0.4, -0.2) is 31.3 Å². The molecule has 0 radical (unpaired) electrons. The van der Waals surface area contributed by atoms with E-state index < -0.39 is 0 Å². The molecule has 1 N–H and O–H groups in total. The van der Waals surface area contributed by atoms with Crippen molar-refractivity contribution in [3.05, 3.63) is 59.9 Å². The maximum Gasteiger partial charge on any atom is 0.218 e. The van der Waals surface area contributed by atoms with Crippen molar-refractivity contribution in [3.63, 3.8) is 0 Å². The highest BCUT2D eigenvalue weighted by Gasteiger charge is 2.40. The number of rotatable bonds is 8. The smallest absolute Gasteiger partial charge is 0.218 e. The first kappa shape index (κ1) is 17.2. The Kier molecular flexibility index (Phi) is 4.43. The second kappa shape index (κ2) is 7.22. The van der Waals surface area contributed by atoms with E-state index in [9.17, 15) is 0 Å². The van der Waals surface area contributed by atoms with Crippen LogP contribution in [0.5, 0.6) is 5.88 Å². The lowest BCUT2D eigenvalue weighted by Gasteiger charge is -2.10. The Balaban J connectivity index is 1.23. The van der Waals surface area contributed by atoms with Gasteiger partial charge in [-0.25, -0.2) is 4.98 Å². The van der Waals surface area contributed by atoms with Crippen molar-refractivity contribution >= 4 is 5.82 Å². The molecule has 144 valence electrons. The van der Waals surface area contributed by atoms with Crippen molar-refractivity contribution in [2.24, 2.45) is 13.0 Å². The highest BCUT2D eigenvalue weighted by Crippen LogP contribution is 2.46. The van der Waals surface area contributed by atoms with E-state index in [4.69, 9.17) is 4.74 Å². The van der Waals surface area contributed by atoms with E-state index in [1.165, 1.54) is 0 Å². The topological polar surface area (TPSA) is 77.8 Å². The fourth-order valence-corrected chi connectivity index (χ4v) is 3.47. The molecule has 0 bridgehead atoms. The van der Waals surface area contributed by atoms with Gasteiger partial charge in [-0.3, -0.25) is 9.67 Å². The lowest BCUT2D eigenvalue weighted by Crippen LogP contribution is -2.08. The Labute approximate surface area is 164 Å². The lowest BCUT2D eigenvalue weighted by molar-refractivity contribution is 0.284. The van der Waals surface area contributed by atoms with Gasteiger partial charge in [0.25, 0.3) is 0 Å². The van der Waals surface area contributed by atoms with Gasteiger partial charge in [-0.2, -0.15) is 10.1 Å². The van der Waals surface area contributed by atoms with Gasteiger partial charge in [0.05, 0.1) is 12.8 Å². The van der Waals surface area contributed by atoms with Crippen LogP contribution < -0.4 is 10.1 Å². The number of hydrogen-bond donors (Lipinski definition) is 1. The molecule has 0 aromatic carbocycles. The summed E-state index contributed by atoms with van der Waals surface area (Å²) in [4.78, 5) is 13.8. The molecule has 7 heteroatoms. The summed E-state index contributed by atoms with van der Waals surface area (Å²) in [6.45, 7) is 1.35.